The molecule has 0 unspecified atom stereocenters. The quantitative estimate of drug-likeness (QED) is 0.879. The Bertz CT molecular complexity index is 837. The van der Waals surface area contributed by atoms with Crippen LogP contribution in [-0.2, 0) is 23.1 Å². The van der Waals surface area contributed by atoms with Crippen LogP contribution in [0, 0.1) is 5.82 Å². The number of ether oxygens (including phenoxy) is 1. The van der Waals surface area contributed by atoms with Crippen molar-refractivity contribution >= 4 is 15.7 Å². The molecule has 7 heteroatoms. The summed E-state index contributed by atoms with van der Waals surface area (Å²) in [5.41, 5.74) is 7.50. The summed E-state index contributed by atoms with van der Waals surface area (Å²) >= 11 is 0. The number of hydrogen-bond donors (Lipinski definition) is 1. The molecule has 0 atom stereocenters. The Hall–Kier alpha value is -2.12. The van der Waals surface area contributed by atoms with Crippen molar-refractivity contribution in [2.75, 3.05) is 12.8 Å². The van der Waals surface area contributed by atoms with Gasteiger partial charge in [0, 0.05) is 18.8 Å². The molecule has 0 saturated carbocycles. The van der Waals surface area contributed by atoms with Crippen LogP contribution >= 0.6 is 0 Å². The number of nitrogen functional groups attached to an aromatic ring is 1. The summed E-state index contributed by atoms with van der Waals surface area (Å²) in [6.07, 6.45) is 0. The number of nitrogens with two attached hydrogens (primary N) is 1. The summed E-state index contributed by atoms with van der Waals surface area (Å²) in [4.78, 5) is 0.0169. The first-order valence-corrected chi connectivity index (χ1v) is 8.07. The van der Waals surface area contributed by atoms with E-state index in [1.165, 1.54) is 35.7 Å². The van der Waals surface area contributed by atoms with E-state index in [0.717, 1.165) is 5.56 Å². The van der Waals surface area contributed by atoms with E-state index in [1.807, 2.05) is 0 Å². The van der Waals surface area contributed by atoms with Crippen molar-refractivity contribution in [2.45, 2.75) is 18.0 Å². The lowest BCUT2D eigenvalue weighted by Crippen LogP contribution is -2.26. The van der Waals surface area contributed by atoms with Crippen molar-refractivity contribution in [3.63, 3.8) is 0 Å². The van der Waals surface area contributed by atoms with E-state index in [-0.39, 0.29) is 29.6 Å². The van der Waals surface area contributed by atoms with Gasteiger partial charge in [-0.25, -0.2) is 12.8 Å². The Kier molecular flexibility index (Phi) is 3.54. The van der Waals surface area contributed by atoms with Gasteiger partial charge in [-0.3, -0.25) is 0 Å². The van der Waals surface area contributed by atoms with Gasteiger partial charge in [0.2, 0.25) is 10.0 Å². The highest BCUT2D eigenvalue weighted by Crippen LogP contribution is 2.33. The standard InChI is InChI=1S/C15H15FN2O3S/c1-21-14-5-4-13(17)7-15(14)22(19,20)18-8-10-2-3-12(16)6-11(10)9-18/h2-7H,8-9,17H2,1H3. The number of sulfonamides is 1. The van der Waals surface area contributed by atoms with Crippen molar-refractivity contribution in [1.82, 2.24) is 4.31 Å². The molecule has 22 heavy (non-hydrogen) atoms. The van der Waals surface area contributed by atoms with Gasteiger partial charge >= 0.3 is 0 Å². The first-order chi connectivity index (χ1) is 10.4. The van der Waals surface area contributed by atoms with Gasteiger partial charge in [0.1, 0.15) is 16.5 Å². The van der Waals surface area contributed by atoms with E-state index in [9.17, 15) is 12.8 Å². The third-order valence-electron chi connectivity index (χ3n) is 3.67. The second kappa shape index (κ2) is 5.26. The molecule has 1 aliphatic rings. The fourth-order valence-corrected chi connectivity index (χ4v) is 4.12. The third kappa shape index (κ3) is 2.42. The maximum absolute atomic E-state index is 13.3. The maximum Gasteiger partial charge on any atom is 0.247 e. The van der Waals surface area contributed by atoms with Crippen LogP contribution in [0.25, 0.3) is 0 Å². The molecule has 1 heterocycles. The van der Waals surface area contributed by atoms with Gasteiger partial charge in [-0.05, 0) is 41.5 Å². The highest BCUT2D eigenvalue weighted by atomic mass is 32.2. The lowest BCUT2D eigenvalue weighted by atomic mass is 10.1. The van der Waals surface area contributed by atoms with Gasteiger partial charge in [-0.1, -0.05) is 6.07 Å². The van der Waals surface area contributed by atoms with E-state index in [2.05, 4.69) is 0 Å². The predicted molar refractivity (Wildman–Crippen MR) is 80.2 cm³/mol. The largest absolute Gasteiger partial charge is 0.495 e. The summed E-state index contributed by atoms with van der Waals surface area (Å²) in [5, 5.41) is 0. The van der Waals surface area contributed by atoms with Gasteiger partial charge in [-0.15, -0.1) is 0 Å². The summed E-state index contributed by atoms with van der Waals surface area (Å²) in [6, 6.07) is 8.77. The molecule has 0 saturated heterocycles. The molecule has 2 N–H and O–H groups in total. The van der Waals surface area contributed by atoms with Crippen LogP contribution in [-0.4, -0.2) is 19.8 Å². The average Bonchev–Trinajstić information content (AvgIpc) is 2.91. The molecule has 0 aromatic heterocycles. The number of nitrogens with zero attached hydrogens (tertiary/aromatic N) is 1. The number of fused-ring (bicyclic) bond motifs is 1. The zero-order valence-electron chi connectivity index (χ0n) is 11.9. The van der Waals surface area contributed by atoms with Crippen LogP contribution in [0.5, 0.6) is 5.75 Å². The van der Waals surface area contributed by atoms with Crippen LogP contribution in [0.2, 0.25) is 0 Å². The minimum atomic E-state index is -3.78. The molecular formula is C15H15FN2O3S. The average molecular weight is 322 g/mol. The second-order valence-corrected chi connectivity index (χ2v) is 7.00. The highest BCUT2D eigenvalue weighted by molar-refractivity contribution is 7.89. The second-order valence-electron chi connectivity index (χ2n) is 5.10. The number of anilines is 1. The Morgan fingerprint density at radius 2 is 1.86 bits per heavy atom. The number of hydrogen-bond acceptors (Lipinski definition) is 4. The minimum absolute atomic E-state index is 0.0169. The van der Waals surface area contributed by atoms with E-state index < -0.39 is 10.0 Å². The molecule has 0 fully saturated rings. The van der Waals surface area contributed by atoms with E-state index in [0.29, 0.717) is 11.3 Å². The third-order valence-corrected chi connectivity index (χ3v) is 5.48. The fraction of sp³-hybridized carbons (Fsp3) is 0.200. The van der Waals surface area contributed by atoms with Crippen molar-refractivity contribution in [3.05, 3.63) is 53.3 Å². The van der Waals surface area contributed by atoms with Gasteiger partial charge in [0.15, 0.2) is 0 Å². The molecule has 2 aromatic carbocycles. The number of rotatable bonds is 3. The molecule has 116 valence electrons. The van der Waals surface area contributed by atoms with Gasteiger partial charge in [0.05, 0.1) is 7.11 Å². The number of methoxy groups -OCH3 is 1. The minimum Gasteiger partial charge on any atom is -0.495 e. The summed E-state index contributed by atoms with van der Waals surface area (Å²) in [5.74, 6) is -0.143. The van der Waals surface area contributed by atoms with Crippen LogP contribution in [0.3, 0.4) is 0 Å². The lowest BCUT2D eigenvalue weighted by Gasteiger charge is -2.18. The van der Waals surface area contributed by atoms with Crippen molar-refractivity contribution in [2.24, 2.45) is 0 Å². The normalized spacial score (nSPS) is 14.8. The summed E-state index contributed by atoms with van der Waals surface area (Å²) in [7, 11) is -2.38. The number of benzene rings is 2. The smallest absolute Gasteiger partial charge is 0.247 e. The highest BCUT2D eigenvalue weighted by Gasteiger charge is 2.33. The molecule has 0 amide bonds. The summed E-state index contributed by atoms with van der Waals surface area (Å²) in [6.45, 7) is 0.337. The molecular weight excluding hydrogens is 307 g/mol. The molecule has 3 rings (SSSR count). The molecule has 0 aliphatic carbocycles. The Labute approximate surface area is 128 Å². The van der Waals surface area contributed by atoms with Gasteiger partial charge < -0.3 is 10.5 Å². The zero-order chi connectivity index (χ0) is 15.9. The van der Waals surface area contributed by atoms with E-state index >= 15 is 0 Å². The van der Waals surface area contributed by atoms with Crippen LogP contribution in [0.1, 0.15) is 11.1 Å². The Balaban J connectivity index is 2.01. The van der Waals surface area contributed by atoms with Crippen molar-refractivity contribution in [3.8, 4) is 5.75 Å². The lowest BCUT2D eigenvalue weighted by molar-refractivity contribution is 0.393. The first-order valence-electron chi connectivity index (χ1n) is 6.63. The zero-order valence-corrected chi connectivity index (χ0v) is 12.7. The number of halogens is 1. The molecule has 0 spiro atoms. The predicted octanol–water partition coefficient (Wildman–Crippen LogP) is 2.12. The monoisotopic (exact) mass is 322 g/mol. The van der Waals surface area contributed by atoms with E-state index in [1.54, 1.807) is 12.1 Å². The van der Waals surface area contributed by atoms with Crippen molar-refractivity contribution in [1.29, 1.82) is 0 Å². The van der Waals surface area contributed by atoms with Crippen molar-refractivity contribution < 1.29 is 17.5 Å². The molecule has 5 nitrogen and oxygen atoms in total. The fourth-order valence-electron chi connectivity index (χ4n) is 2.54. The molecule has 1 aliphatic heterocycles. The topological polar surface area (TPSA) is 72.6 Å². The SMILES string of the molecule is COc1ccc(N)cc1S(=O)(=O)N1Cc2ccc(F)cc2C1. The van der Waals surface area contributed by atoms with E-state index in [4.69, 9.17) is 10.5 Å². The van der Waals surface area contributed by atoms with Crippen LogP contribution < -0.4 is 10.5 Å². The van der Waals surface area contributed by atoms with Crippen LogP contribution in [0.15, 0.2) is 41.3 Å². The van der Waals surface area contributed by atoms with Gasteiger partial charge in [-0.2, -0.15) is 4.31 Å². The Morgan fingerprint density at radius 3 is 2.59 bits per heavy atom. The van der Waals surface area contributed by atoms with Crippen LogP contribution in [0.4, 0.5) is 10.1 Å². The van der Waals surface area contributed by atoms with Gasteiger partial charge in [0.25, 0.3) is 0 Å². The maximum atomic E-state index is 13.3. The molecule has 0 radical (unpaired) electrons. The summed E-state index contributed by atoms with van der Waals surface area (Å²) < 4.78 is 45.3. The molecule has 0 bridgehead atoms. The molecule has 2 aromatic rings. The Morgan fingerprint density at radius 1 is 1.14 bits per heavy atom. The first kappa shape index (κ1) is 14.8.